The fourth-order valence-corrected chi connectivity index (χ4v) is 5.02. The van der Waals surface area contributed by atoms with Crippen LogP contribution in [0.5, 0.6) is 5.75 Å². The molecule has 8 heteroatoms. The highest BCUT2D eigenvalue weighted by Gasteiger charge is 2.19. The van der Waals surface area contributed by atoms with Crippen molar-refractivity contribution >= 4 is 33.7 Å². The molecule has 0 aliphatic heterocycles. The molecule has 0 atom stereocenters. The molecule has 0 saturated heterocycles. The fraction of sp³-hybridized carbons (Fsp3) is 0.174. The first kappa shape index (κ1) is 21.1. The normalized spacial score (nSPS) is 10.9. The number of rotatable bonds is 5. The number of nitrogens with one attached hydrogen (secondary N) is 1. The van der Waals surface area contributed by atoms with Crippen LogP contribution in [0.4, 0.5) is 9.52 Å². The molecule has 4 rings (SSSR count). The summed E-state index contributed by atoms with van der Waals surface area (Å²) in [6.45, 7) is 5.75. The molecule has 0 spiro atoms. The van der Waals surface area contributed by atoms with Crippen LogP contribution in [0.3, 0.4) is 0 Å². The lowest BCUT2D eigenvalue weighted by Crippen LogP contribution is -2.11. The average Bonchev–Trinajstić information content (AvgIpc) is 3.31. The molecule has 0 fully saturated rings. The Balaban J connectivity index is 1.56. The minimum Gasteiger partial charge on any atom is -0.496 e. The zero-order chi connectivity index (χ0) is 22.1. The Labute approximate surface area is 187 Å². The number of hydrogen-bond acceptors (Lipinski definition) is 6. The number of benzene rings is 2. The van der Waals surface area contributed by atoms with Gasteiger partial charge in [-0.25, -0.2) is 14.4 Å². The molecule has 0 aliphatic rings. The van der Waals surface area contributed by atoms with E-state index in [1.165, 1.54) is 34.8 Å². The minimum atomic E-state index is -0.308. The minimum absolute atomic E-state index is 0.255. The fourth-order valence-electron chi connectivity index (χ4n) is 3.22. The van der Waals surface area contributed by atoms with E-state index in [1.807, 2.05) is 32.0 Å². The lowest BCUT2D eigenvalue weighted by Gasteiger charge is -2.06. The SMILES string of the molecule is COc1ccc(-c2nc(NC(=O)c3sc(-c4ccc(F)cc4)nc3C)sc2C)cc1C. The maximum atomic E-state index is 13.2. The second kappa shape index (κ2) is 8.56. The van der Waals surface area contributed by atoms with Crippen molar-refractivity contribution in [1.82, 2.24) is 9.97 Å². The quantitative estimate of drug-likeness (QED) is 0.387. The highest BCUT2D eigenvalue weighted by Crippen LogP contribution is 2.34. The van der Waals surface area contributed by atoms with E-state index < -0.39 is 0 Å². The van der Waals surface area contributed by atoms with Crippen LogP contribution >= 0.6 is 22.7 Å². The van der Waals surface area contributed by atoms with E-state index in [9.17, 15) is 9.18 Å². The molecular formula is C23H20FN3O2S2. The molecule has 0 unspecified atom stereocenters. The van der Waals surface area contributed by atoms with Gasteiger partial charge < -0.3 is 4.74 Å². The second-order valence-corrected chi connectivity index (χ2v) is 9.21. The number of halogens is 1. The molecule has 2 aromatic carbocycles. The molecular weight excluding hydrogens is 433 g/mol. The van der Waals surface area contributed by atoms with Gasteiger partial charge in [-0.15, -0.1) is 22.7 Å². The lowest BCUT2D eigenvalue weighted by molar-refractivity contribution is 0.103. The largest absolute Gasteiger partial charge is 0.496 e. The van der Waals surface area contributed by atoms with Crippen LogP contribution in [0, 0.1) is 26.6 Å². The van der Waals surface area contributed by atoms with Crippen LogP contribution in [-0.4, -0.2) is 23.0 Å². The van der Waals surface area contributed by atoms with E-state index in [4.69, 9.17) is 4.74 Å². The number of methoxy groups -OCH3 is 1. The first-order chi connectivity index (χ1) is 14.9. The van der Waals surface area contributed by atoms with E-state index >= 15 is 0 Å². The molecule has 0 bridgehead atoms. The molecule has 4 aromatic rings. The van der Waals surface area contributed by atoms with Crippen molar-refractivity contribution in [2.45, 2.75) is 20.8 Å². The summed E-state index contributed by atoms with van der Waals surface area (Å²) in [7, 11) is 1.65. The standard InChI is InChI=1S/C23H20FN3O2S2/c1-12-11-16(7-10-18(12)29-4)19-14(3)30-23(26-19)27-21(28)20-13(2)25-22(31-20)15-5-8-17(24)9-6-15/h5-11H,1-4H3,(H,26,27,28). The Bertz CT molecular complexity index is 1260. The third kappa shape index (κ3) is 4.35. The number of carbonyl (C=O) groups is 1. The summed E-state index contributed by atoms with van der Waals surface area (Å²) < 4.78 is 18.5. The predicted molar refractivity (Wildman–Crippen MR) is 124 cm³/mol. The summed E-state index contributed by atoms with van der Waals surface area (Å²) in [4.78, 5) is 23.5. The van der Waals surface area contributed by atoms with Crippen LogP contribution < -0.4 is 10.1 Å². The molecule has 1 N–H and O–H groups in total. The molecule has 158 valence electrons. The average molecular weight is 454 g/mol. The number of thiazole rings is 2. The molecule has 31 heavy (non-hydrogen) atoms. The third-order valence-corrected chi connectivity index (χ3v) is 6.87. The van der Waals surface area contributed by atoms with Crippen molar-refractivity contribution in [3.05, 3.63) is 69.3 Å². The third-order valence-electron chi connectivity index (χ3n) is 4.78. The smallest absolute Gasteiger partial charge is 0.269 e. The maximum absolute atomic E-state index is 13.2. The Morgan fingerprint density at radius 2 is 1.71 bits per heavy atom. The number of aromatic nitrogens is 2. The van der Waals surface area contributed by atoms with Gasteiger partial charge in [0.15, 0.2) is 5.13 Å². The zero-order valence-electron chi connectivity index (χ0n) is 17.4. The van der Waals surface area contributed by atoms with Crippen LogP contribution in [0.15, 0.2) is 42.5 Å². The molecule has 2 heterocycles. The predicted octanol–water partition coefficient (Wildman–Crippen LogP) is 6.26. The summed E-state index contributed by atoms with van der Waals surface area (Å²) in [5, 5.41) is 4.10. The number of ether oxygens (including phenoxy) is 1. The Hall–Kier alpha value is -3.10. The first-order valence-electron chi connectivity index (χ1n) is 9.53. The molecule has 0 aliphatic carbocycles. The van der Waals surface area contributed by atoms with Gasteiger partial charge in [0.1, 0.15) is 21.5 Å². The highest BCUT2D eigenvalue weighted by atomic mass is 32.1. The van der Waals surface area contributed by atoms with Crippen molar-refractivity contribution in [3.8, 4) is 27.6 Å². The number of carbonyl (C=O) groups excluding carboxylic acids is 1. The van der Waals surface area contributed by atoms with Crippen LogP contribution in [-0.2, 0) is 0 Å². The lowest BCUT2D eigenvalue weighted by atomic mass is 10.1. The van der Waals surface area contributed by atoms with Gasteiger partial charge in [-0.3, -0.25) is 10.1 Å². The summed E-state index contributed by atoms with van der Waals surface area (Å²) >= 11 is 2.70. The highest BCUT2D eigenvalue weighted by molar-refractivity contribution is 7.18. The monoisotopic (exact) mass is 453 g/mol. The molecule has 1 amide bonds. The summed E-state index contributed by atoms with van der Waals surface area (Å²) in [5.74, 6) is 0.259. The summed E-state index contributed by atoms with van der Waals surface area (Å²) in [5.41, 5.74) is 4.22. The molecule has 0 radical (unpaired) electrons. The van der Waals surface area contributed by atoms with Gasteiger partial charge >= 0.3 is 0 Å². The van der Waals surface area contributed by atoms with Gasteiger partial charge in [-0.05, 0) is 68.8 Å². The summed E-state index contributed by atoms with van der Waals surface area (Å²) in [6, 6.07) is 12.0. The van der Waals surface area contributed by atoms with E-state index in [-0.39, 0.29) is 11.7 Å². The topological polar surface area (TPSA) is 64.1 Å². The van der Waals surface area contributed by atoms with Gasteiger partial charge in [0, 0.05) is 16.0 Å². The van der Waals surface area contributed by atoms with Gasteiger partial charge in [-0.2, -0.15) is 0 Å². The van der Waals surface area contributed by atoms with Crippen molar-refractivity contribution in [2.75, 3.05) is 12.4 Å². The molecule has 5 nitrogen and oxygen atoms in total. The van der Waals surface area contributed by atoms with Crippen molar-refractivity contribution in [1.29, 1.82) is 0 Å². The molecule has 2 aromatic heterocycles. The molecule has 0 saturated carbocycles. The number of nitrogens with zero attached hydrogens (tertiary/aromatic N) is 2. The van der Waals surface area contributed by atoms with Crippen LogP contribution in [0.25, 0.3) is 21.8 Å². The van der Waals surface area contributed by atoms with E-state index in [1.54, 1.807) is 26.2 Å². The Morgan fingerprint density at radius 3 is 2.39 bits per heavy atom. The number of hydrogen-bond donors (Lipinski definition) is 1. The second-order valence-electron chi connectivity index (χ2n) is 7.00. The Morgan fingerprint density at radius 1 is 1.00 bits per heavy atom. The van der Waals surface area contributed by atoms with Crippen LogP contribution in [0.2, 0.25) is 0 Å². The van der Waals surface area contributed by atoms with Crippen LogP contribution in [0.1, 0.15) is 25.8 Å². The zero-order valence-corrected chi connectivity index (χ0v) is 19.1. The van der Waals surface area contributed by atoms with Gasteiger partial charge in [-0.1, -0.05) is 0 Å². The number of amides is 1. The first-order valence-corrected chi connectivity index (χ1v) is 11.2. The number of anilines is 1. The van der Waals surface area contributed by atoms with Crippen molar-refractivity contribution < 1.29 is 13.9 Å². The van der Waals surface area contributed by atoms with E-state index in [0.29, 0.717) is 20.7 Å². The number of aryl methyl sites for hydroxylation is 3. The summed E-state index contributed by atoms with van der Waals surface area (Å²) in [6.07, 6.45) is 0. The van der Waals surface area contributed by atoms with Crippen molar-refractivity contribution in [2.24, 2.45) is 0 Å². The Kier molecular flexibility index (Phi) is 5.84. The van der Waals surface area contributed by atoms with E-state index in [2.05, 4.69) is 15.3 Å². The van der Waals surface area contributed by atoms with E-state index in [0.717, 1.165) is 33.0 Å². The van der Waals surface area contributed by atoms with Gasteiger partial charge in [0.05, 0.1) is 18.5 Å². The van der Waals surface area contributed by atoms with Crippen molar-refractivity contribution in [3.63, 3.8) is 0 Å². The van der Waals surface area contributed by atoms with Gasteiger partial charge in [0.25, 0.3) is 5.91 Å². The maximum Gasteiger partial charge on any atom is 0.269 e. The van der Waals surface area contributed by atoms with Gasteiger partial charge in [0.2, 0.25) is 0 Å².